The average Bonchev–Trinajstić information content (AvgIpc) is 3.59. The molecule has 13 nitrogen and oxygen atoms in total. The number of ether oxygens (including phenoxy) is 2. The van der Waals surface area contributed by atoms with E-state index in [9.17, 15) is 32.3 Å². The molecule has 0 spiro atoms. The molecule has 58 heavy (non-hydrogen) atoms. The van der Waals surface area contributed by atoms with E-state index in [1.54, 1.807) is 9.80 Å². The van der Waals surface area contributed by atoms with Gasteiger partial charge in [-0.3, -0.25) is 19.4 Å². The highest BCUT2D eigenvalue weighted by Gasteiger charge is 2.39. The van der Waals surface area contributed by atoms with Crippen LogP contribution in [0.5, 0.6) is 0 Å². The first-order valence-electron chi connectivity index (χ1n) is 20.5. The third kappa shape index (κ3) is 11.1. The molecule has 17 heteroatoms. The number of alkyl halides is 3. The first-order valence-corrected chi connectivity index (χ1v) is 20.9. The number of fused-ring (bicyclic) bond motifs is 1. The molecule has 2 aromatic rings. The number of benzene rings is 2. The monoisotopic (exact) mass is 833 g/mol. The fraction of sp³-hybridized carbons (Fsp3) is 0.610. The van der Waals surface area contributed by atoms with Crippen molar-refractivity contribution in [3.05, 3.63) is 58.1 Å². The van der Waals surface area contributed by atoms with Gasteiger partial charge >= 0.3 is 24.3 Å². The predicted molar refractivity (Wildman–Crippen MR) is 213 cm³/mol. The van der Waals surface area contributed by atoms with Gasteiger partial charge in [-0.25, -0.2) is 9.59 Å². The minimum Gasteiger partial charge on any atom is -0.465 e. The number of amides is 4. The quantitative estimate of drug-likeness (QED) is 0.144. The van der Waals surface area contributed by atoms with Crippen LogP contribution in [0.3, 0.4) is 0 Å². The number of hydrogen-bond donors (Lipinski definition) is 2. The number of nitrogens with zero attached hydrogens (tertiary/aromatic N) is 5. The van der Waals surface area contributed by atoms with Crippen molar-refractivity contribution in [1.82, 2.24) is 24.5 Å². The van der Waals surface area contributed by atoms with E-state index in [4.69, 9.17) is 26.8 Å². The number of carbonyl (C=O) groups is 4. The van der Waals surface area contributed by atoms with E-state index in [2.05, 4.69) is 22.0 Å². The lowest BCUT2D eigenvalue weighted by atomic mass is 10.0. The normalized spacial score (nSPS) is 20.3. The van der Waals surface area contributed by atoms with Crippen LogP contribution in [0.15, 0.2) is 36.4 Å². The molecular weight excluding hydrogens is 779 g/mol. The van der Waals surface area contributed by atoms with Crippen LogP contribution in [0.2, 0.25) is 5.02 Å². The molecule has 0 radical (unpaired) electrons. The van der Waals surface area contributed by atoms with Crippen LogP contribution in [0, 0.1) is 0 Å². The Kier molecular flexibility index (Phi) is 14.7. The summed E-state index contributed by atoms with van der Waals surface area (Å²) in [5.74, 6) is -0.738. The summed E-state index contributed by atoms with van der Waals surface area (Å²) in [6.07, 6.45) is -0.655. The number of rotatable bonds is 13. The van der Waals surface area contributed by atoms with E-state index >= 15 is 0 Å². The largest absolute Gasteiger partial charge is 0.465 e. The Labute approximate surface area is 342 Å². The molecule has 2 aromatic carbocycles. The highest BCUT2D eigenvalue weighted by molar-refractivity contribution is 6.33. The van der Waals surface area contributed by atoms with Crippen LogP contribution < -0.4 is 11.1 Å². The summed E-state index contributed by atoms with van der Waals surface area (Å²) < 4.78 is 53.0. The van der Waals surface area contributed by atoms with Crippen molar-refractivity contribution < 1.29 is 41.8 Å². The summed E-state index contributed by atoms with van der Waals surface area (Å²) in [7, 11) is 0. The Morgan fingerprint density at radius 2 is 1.66 bits per heavy atom. The fourth-order valence-electron chi connectivity index (χ4n) is 8.42. The van der Waals surface area contributed by atoms with Gasteiger partial charge in [0.2, 0.25) is 0 Å². The van der Waals surface area contributed by atoms with Crippen molar-refractivity contribution in [2.45, 2.75) is 89.1 Å². The lowest BCUT2D eigenvalue weighted by Gasteiger charge is -2.40. The maximum absolute atomic E-state index is 14.1. The zero-order valence-electron chi connectivity index (χ0n) is 33.1. The van der Waals surface area contributed by atoms with Crippen molar-refractivity contribution in [2.24, 2.45) is 0 Å². The molecule has 0 unspecified atom stereocenters. The molecule has 4 aliphatic heterocycles. The molecular formula is C41H55ClF3N7O6. The minimum absolute atomic E-state index is 0.0497. The zero-order chi connectivity index (χ0) is 41.4. The highest BCUT2D eigenvalue weighted by atomic mass is 35.5. The van der Waals surface area contributed by atoms with Crippen LogP contribution >= 0.6 is 11.6 Å². The lowest BCUT2D eigenvalue weighted by molar-refractivity contribution is -0.145. The number of esters is 1. The van der Waals surface area contributed by atoms with Crippen LogP contribution in [-0.4, -0.2) is 139 Å². The van der Waals surface area contributed by atoms with Gasteiger partial charge < -0.3 is 35.2 Å². The highest BCUT2D eigenvalue weighted by Crippen LogP contribution is 2.38. The Morgan fingerprint density at radius 1 is 0.931 bits per heavy atom. The van der Waals surface area contributed by atoms with Gasteiger partial charge in [-0.05, 0) is 61.4 Å². The number of nitrogen functional groups attached to an aromatic ring is 1. The molecule has 0 bridgehead atoms. The van der Waals surface area contributed by atoms with Gasteiger partial charge in [0.1, 0.15) is 0 Å². The van der Waals surface area contributed by atoms with Crippen molar-refractivity contribution in [3.8, 4) is 0 Å². The summed E-state index contributed by atoms with van der Waals surface area (Å²) >= 11 is 6.14. The number of piperidine rings is 1. The number of urea groups is 1. The number of halogens is 4. The van der Waals surface area contributed by atoms with E-state index < -0.39 is 35.5 Å². The van der Waals surface area contributed by atoms with E-state index in [-0.39, 0.29) is 60.7 Å². The number of carbonyl (C=O) groups excluding carboxylic acids is 4. The number of nitrogens with two attached hydrogens (primary N) is 1. The van der Waals surface area contributed by atoms with E-state index in [0.29, 0.717) is 65.1 Å². The van der Waals surface area contributed by atoms with Gasteiger partial charge in [0.05, 0.1) is 29.4 Å². The molecule has 6 rings (SSSR count). The number of unbranched alkanes of at least 4 members (excludes halogenated alkanes) is 3. The second-order valence-electron chi connectivity index (χ2n) is 15.7. The van der Waals surface area contributed by atoms with Crippen molar-refractivity contribution in [3.63, 3.8) is 0 Å². The molecule has 4 amide bonds. The average molecular weight is 834 g/mol. The second-order valence-corrected chi connectivity index (χ2v) is 16.1. The molecule has 0 saturated carbocycles. The third-order valence-electron chi connectivity index (χ3n) is 11.7. The van der Waals surface area contributed by atoms with Gasteiger partial charge in [0.15, 0.2) is 6.10 Å². The lowest BCUT2D eigenvalue weighted by Crippen LogP contribution is -2.55. The summed E-state index contributed by atoms with van der Waals surface area (Å²) in [6, 6.07) is 9.65. The predicted octanol–water partition coefficient (Wildman–Crippen LogP) is 5.89. The summed E-state index contributed by atoms with van der Waals surface area (Å²) in [4.78, 5) is 62.6. The van der Waals surface area contributed by atoms with Gasteiger partial charge in [-0.1, -0.05) is 56.0 Å². The Balaban J connectivity index is 1.06. The first-order chi connectivity index (χ1) is 27.8. The maximum Gasteiger partial charge on any atom is 0.418 e. The SMILES string of the molecule is CCCCCCOC(=O)CN1CC[C@@H](N2CCN(C(=O)[C@@H](Cc3cc(Cl)c(N)c(C(F)(F)F)c3)OC(=O)N3CCC(N4CCc5ccccc5NC4=O)CC3)CC2)C1. The molecule has 3 fully saturated rings. The minimum atomic E-state index is -4.79. The molecule has 2 atom stereocenters. The first kappa shape index (κ1) is 43.3. The van der Waals surface area contributed by atoms with Crippen molar-refractivity contribution >= 4 is 47.0 Å². The van der Waals surface area contributed by atoms with E-state index in [0.717, 1.165) is 56.0 Å². The van der Waals surface area contributed by atoms with Crippen LogP contribution in [0.4, 0.5) is 34.1 Å². The van der Waals surface area contributed by atoms with Gasteiger partial charge in [0.25, 0.3) is 5.91 Å². The third-order valence-corrected chi connectivity index (χ3v) is 12.1. The van der Waals surface area contributed by atoms with Crippen molar-refractivity contribution in [2.75, 3.05) is 83.1 Å². The standard InChI is InChI=1S/C41H55ClF3N7O6/c1-2-3-4-7-22-57-36(53)27-48-14-11-31(26-48)49-18-20-50(21-19-49)38(54)35(25-28-23-32(41(43,44)45)37(46)33(42)24-28)58-40(56)51-15-12-30(13-16-51)52-17-10-29-8-5-6-9-34(29)47-39(52)55/h5-6,8-9,23-24,30-31,35H,2-4,7,10-22,25-27,46H2,1H3,(H,47,55)/t31-,35-/m1/s1. The number of piperazine rings is 1. The summed E-state index contributed by atoms with van der Waals surface area (Å²) in [6.45, 7) is 7.05. The number of anilines is 2. The van der Waals surface area contributed by atoms with Crippen LogP contribution in [0.1, 0.15) is 68.6 Å². The Morgan fingerprint density at radius 3 is 2.38 bits per heavy atom. The number of para-hydroxylation sites is 1. The van der Waals surface area contributed by atoms with Gasteiger partial charge in [-0.15, -0.1) is 0 Å². The molecule has 3 saturated heterocycles. The van der Waals surface area contributed by atoms with Gasteiger partial charge in [0, 0.05) is 83.1 Å². The van der Waals surface area contributed by atoms with Crippen LogP contribution in [-0.2, 0) is 38.1 Å². The molecule has 318 valence electrons. The second kappa shape index (κ2) is 19.6. The fourth-order valence-corrected chi connectivity index (χ4v) is 8.66. The number of likely N-dealkylation sites (tertiary alicyclic amines) is 2. The number of hydrogen-bond acceptors (Lipinski definition) is 9. The number of nitrogens with one attached hydrogen (secondary N) is 1. The van der Waals surface area contributed by atoms with Crippen molar-refractivity contribution in [1.29, 1.82) is 0 Å². The molecule has 0 aromatic heterocycles. The van der Waals surface area contributed by atoms with Crippen LogP contribution in [0.25, 0.3) is 0 Å². The van der Waals surface area contributed by atoms with E-state index in [1.165, 1.54) is 11.0 Å². The summed E-state index contributed by atoms with van der Waals surface area (Å²) in [5.41, 5.74) is 5.81. The smallest absolute Gasteiger partial charge is 0.418 e. The Hall–Kier alpha value is -4.28. The Bertz CT molecular complexity index is 1770. The molecule has 4 heterocycles. The van der Waals surface area contributed by atoms with Gasteiger partial charge in [-0.2, -0.15) is 13.2 Å². The molecule has 3 N–H and O–H groups in total. The maximum atomic E-state index is 14.1. The molecule has 4 aliphatic rings. The van der Waals surface area contributed by atoms with E-state index in [1.807, 2.05) is 24.3 Å². The molecule has 0 aliphatic carbocycles. The zero-order valence-corrected chi connectivity index (χ0v) is 33.9. The topological polar surface area (TPSA) is 141 Å². The summed E-state index contributed by atoms with van der Waals surface area (Å²) in [5, 5.41) is 2.67.